The number of thiocarbonyl (C=S) groups is 1. The molecule has 7 heteroatoms. The van der Waals surface area contributed by atoms with Crippen molar-refractivity contribution in [2.24, 2.45) is 5.73 Å². The van der Waals surface area contributed by atoms with Gasteiger partial charge in [0.15, 0.2) is 0 Å². The van der Waals surface area contributed by atoms with Crippen molar-refractivity contribution in [3.05, 3.63) is 35.4 Å². The van der Waals surface area contributed by atoms with Gasteiger partial charge in [-0.25, -0.2) is 12.7 Å². The molecule has 1 fully saturated rings. The normalized spacial score (nSPS) is 17.0. The molecule has 1 aliphatic heterocycles. The number of sulfonamides is 1. The minimum Gasteiger partial charge on any atom is -0.389 e. The van der Waals surface area contributed by atoms with Crippen molar-refractivity contribution in [1.82, 2.24) is 4.31 Å². The van der Waals surface area contributed by atoms with Crippen LogP contribution in [-0.4, -0.2) is 44.0 Å². The maximum absolute atomic E-state index is 12.6. The minimum absolute atomic E-state index is 0.000685. The van der Waals surface area contributed by atoms with Crippen LogP contribution in [0.25, 0.3) is 0 Å². The molecule has 0 unspecified atom stereocenters. The van der Waals surface area contributed by atoms with E-state index in [1.807, 2.05) is 0 Å². The summed E-state index contributed by atoms with van der Waals surface area (Å²) < 4.78 is 31.9. The molecular formula is C14H20N2O3S2. The fraction of sp³-hybridized carbons (Fsp3) is 0.500. The highest BCUT2D eigenvalue weighted by atomic mass is 32.2. The molecule has 0 amide bonds. The smallest absolute Gasteiger partial charge is 0.218 e. The van der Waals surface area contributed by atoms with E-state index < -0.39 is 10.0 Å². The highest BCUT2D eigenvalue weighted by Gasteiger charge is 2.28. The molecule has 2 rings (SSSR count). The summed E-state index contributed by atoms with van der Waals surface area (Å²) in [5.74, 6) is -0.0889. The maximum atomic E-state index is 12.6. The van der Waals surface area contributed by atoms with E-state index in [-0.39, 0.29) is 16.8 Å². The van der Waals surface area contributed by atoms with Crippen LogP contribution in [0.3, 0.4) is 0 Å². The van der Waals surface area contributed by atoms with Crippen LogP contribution in [0, 0.1) is 0 Å². The number of ether oxygens (including phenoxy) is 1. The van der Waals surface area contributed by atoms with Gasteiger partial charge in [-0.2, -0.15) is 0 Å². The van der Waals surface area contributed by atoms with Crippen LogP contribution < -0.4 is 5.73 Å². The summed E-state index contributed by atoms with van der Waals surface area (Å²) in [6, 6.07) is 7.10. The lowest BCUT2D eigenvalue weighted by molar-refractivity contribution is 0.0632. The second-order valence-corrected chi connectivity index (χ2v) is 7.61. The molecule has 0 radical (unpaired) electrons. The van der Waals surface area contributed by atoms with Crippen molar-refractivity contribution in [3.63, 3.8) is 0 Å². The van der Waals surface area contributed by atoms with E-state index in [2.05, 4.69) is 0 Å². The summed E-state index contributed by atoms with van der Waals surface area (Å²) >= 11 is 4.98. The van der Waals surface area contributed by atoms with Gasteiger partial charge in [-0.3, -0.25) is 0 Å². The lowest BCUT2D eigenvalue weighted by atomic mass is 10.1. The van der Waals surface area contributed by atoms with Crippen molar-refractivity contribution < 1.29 is 13.2 Å². The Morgan fingerprint density at radius 3 is 2.62 bits per heavy atom. The van der Waals surface area contributed by atoms with Gasteiger partial charge in [-0.1, -0.05) is 36.5 Å². The fourth-order valence-corrected chi connectivity index (χ4v) is 4.17. The molecule has 1 aromatic carbocycles. The predicted octanol–water partition coefficient (Wildman–Crippen LogP) is 1.26. The van der Waals surface area contributed by atoms with Gasteiger partial charge in [0.25, 0.3) is 0 Å². The maximum Gasteiger partial charge on any atom is 0.218 e. The lowest BCUT2D eigenvalue weighted by Crippen LogP contribution is -2.41. The van der Waals surface area contributed by atoms with Gasteiger partial charge < -0.3 is 10.5 Å². The molecule has 1 saturated heterocycles. The Kier molecular flexibility index (Phi) is 5.32. The molecule has 0 spiro atoms. The van der Waals surface area contributed by atoms with Crippen LogP contribution in [0.15, 0.2) is 24.3 Å². The van der Waals surface area contributed by atoms with Crippen LogP contribution in [0.5, 0.6) is 0 Å². The molecule has 1 heterocycles. The number of nitrogens with zero attached hydrogens (tertiary/aromatic N) is 1. The zero-order valence-corrected chi connectivity index (χ0v) is 13.6. The first-order valence-corrected chi connectivity index (χ1v) is 8.84. The van der Waals surface area contributed by atoms with E-state index in [0.717, 1.165) is 12.8 Å². The first-order chi connectivity index (χ1) is 9.92. The van der Waals surface area contributed by atoms with Gasteiger partial charge >= 0.3 is 0 Å². The molecule has 116 valence electrons. The number of nitrogens with two attached hydrogens (primary N) is 1. The van der Waals surface area contributed by atoms with Crippen LogP contribution in [0.2, 0.25) is 0 Å². The van der Waals surface area contributed by atoms with Gasteiger partial charge in [0, 0.05) is 31.9 Å². The van der Waals surface area contributed by atoms with Crippen molar-refractivity contribution >= 4 is 27.2 Å². The van der Waals surface area contributed by atoms with Gasteiger partial charge in [0.2, 0.25) is 10.0 Å². The van der Waals surface area contributed by atoms with Crippen LogP contribution >= 0.6 is 12.2 Å². The molecule has 0 aromatic heterocycles. The van der Waals surface area contributed by atoms with E-state index >= 15 is 0 Å². The predicted molar refractivity (Wildman–Crippen MR) is 86.6 cm³/mol. The largest absolute Gasteiger partial charge is 0.389 e. The molecule has 0 atom stereocenters. The second kappa shape index (κ2) is 6.83. The fourth-order valence-electron chi connectivity index (χ4n) is 2.46. The topological polar surface area (TPSA) is 72.6 Å². The summed E-state index contributed by atoms with van der Waals surface area (Å²) in [6.07, 6.45) is 1.46. The van der Waals surface area contributed by atoms with Gasteiger partial charge in [0.1, 0.15) is 4.99 Å². The van der Waals surface area contributed by atoms with E-state index in [1.165, 1.54) is 4.31 Å². The SMILES string of the molecule is CN(C1CCOCC1)S(=O)(=O)Cc1ccccc1C(N)=S. The molecule has 0 aliphatic carbocycles. The van der Waals surface area contributed by atoms with Crippen molar-refractivity contribution in [3.8, 4) is 0 Å². The van der Waals surface area contributed by atoms with Gasteiger partial charge in [-0.15, -0.1) is 0 Å². The Labute approximate surface area is 131 Å². The van der Waals surface area contributed by atoms with Gasteiger partial charge in [-0.05, 0) is 18.4 Å². The van der Waals surface area contributed by atoms with Gasteiger partial charge in [0.05, 0.1) is 5.75 Å². The molecular weight excluding hydrogens is 308 g/mol. The van der Waals surface area contributed by atoms with Crippen LogP contribution in [0.4, 0.5) is 0 Å². The highest BCUT2D eigenvalue weighted by Crippen LogP contribution is 2.20. The summed E-state index contributed by atoms with van der Waals surface area (Å²) in [7, 11) is -1.77. The van der Waals surface area contributed by atoms with Crippen LogP contribution in [0.1, 0.15) is 24.0 Å². The number of hydrogen-bond donors (Lipinski definition) is 1. The Balaban J connectivity index is 2.19. The van der Waals surface area contributed by atoms with Crippen molar-refractivity contribution in [1.29, 1.82) is 0 Å². The molecule has 0 saturated carbocycles. The second-order valence-electron chi connectivity index (χ2n) is 5.14. The Bertz CT molecular complexity index is 610. The zero-order chi connectivity index (χ0) is 15.5. The van der Waals surface area contributed by atoms with E-state index in [1.54, 1.807) is 31.3 Å². The zero-order valence-electron chi connectivity index (χ0n) is 12.0. The molecule has 1 aromatic rings. The minimum atomic E-state index is -3.41. The quantitative estimate of drug-likeness (QED) is 0.824. The monoisotopic (exact) mass is 328 g/mol. The first-order valence-electron chi connectivity index (χ1n) is 6.83. The molecule has 0 bridgehead atoms. The Morgan fingerprint density at radius 2 is 2.00 bits per heavy atom. The first kappa shape index (κ1) is 16.4. The molecule has 1 aliphatic rings. The third-order valence-electron chi connectivity index (χ3n) is 3.76. The Hall–Kier alpha value is -1.02. The molecule has 5 nitrogen and oxygen atoms in total. The number of hydrogen-bond acceptors (Lipinski definition) is 4. The number of rotatable bonds is 5. The lowest BCUT2D eigenvalue weighted by Gasteiger charge is -2.30. The van der Waals surface area contributed by atoms with Crippen LogP contribution in [-0.2, 0) is 20.5 Å². The van der Waals surface area contributed by atoms with E-state index in [4.69, 9.17) is 22.7 Å². The average molecular weight is 328 g/mol. The Morgan fingerprint density at radius 1 is 1.38 bits per heavy atom. The third kappa shape index (κ3) is 4.00. The summed E-state index contributed by atoms with van der Waals surface area (Å²) in [5.41, 5.74) is 6.92. The van der Waals surface area contributed by atoms with E-state index in [9.17, 15) is 8.42 Å². The van der Waals surface area contributed by atoms with Crippen molar-refractivity contribution in [2.75, 3.05) is 20.3 Å². The van der Waals surface area contributed by atoms with E-state index in [0.29, 0.717) is 24.3 Å². The summed E-state index contributed by atoms with van der Waals surface area (Å²) in [5, 5.41) is 0. The third-order valence-corrected chi connectivity index (χ3v) is 5.84. The standard InChI is InChI=1S/C14H20N2O3S2/c1-16(12-6-8-19-9-7-12)21(17,18)10-11-4-2-3-5-13(11)14(15)20/h2-5,12H,6-10H2,1H3,(H2,15,20). The number of benzene rings is 1. The summed E-state index contributed by atoms with van der Waals surface area (Å²) in [4.78, 5) is 0.217. The average Bonchev–Trinajstić information content (AvgIpc) is 2.47. The molecule has 21 heavy (non-hydrogen) atoms. The summed E-state index contributed by atoms with van der Waals surface area (Å²) in [6.45, 7) is 1.21. The molecule has 2 N–H and O–H groups in total. The highest BCUT2D eigenvalue weighted by molar-refractivity contribution is 7.88. The van der Waals surface area contributed by atoms with Crippen molar-refractivity contribution in [2.45, 2.75) is 24.6 Å².